The fraction of sp³-hybridized carbons (Fsp3) is 0.0909. The van der Waals surface area contributed by atoms with Gasteiger partial charge < -0.3 is 5.32 Å². The highest BCUT2D eigenvalue weighted by atomic mass is 16.1. The molecule has 0 saturated heterocycles. The number of rotatable bonds is 2. The number of hydrogen-bond donors (Lipinski definition) is 1. The minimum atomic E-state index is -0.230. The Morgan fingerprint density at radius 1 is 1.38 bits per heavy atom. The van der Waals surface area contributed by atoms with Crippen molar-refractivity contribution in [3.8, 4) is 0 Å². The first kappa shape index (κ1) is 10.2. The average molecular weight is 214 g/mol. The third kappa shape index (κ3) is 2.38. The molecule has 2 rings (SSSR count). The van der Waals surface area contributed by atoms with Gasteiger partial charge in [-0.3, -0.25) is 9.78 Å². The van der Waals surface area contributed by atoms with Gasteiger partial charge in [-0.05, 0) is 19.1 Å². The highest BCUT2D eigenvalue weighted by Crippen LogP contribution is 2.05. The summed E-state index contributed by atoms with van der Waals surface area (Å²) in [5, 5.41) is 2.67. The van der Waals surface area contributed by atoms with Crippen molar-refractivity contribution in [1.82, 2.24) is 15.0 Å². The van der Waals surface area contributed by atoms with Crippen LogP contribution in [0.5, 0.6) is 0 Å². The molecule has 0 radical (unpaired) electrons. The van der Waals surface area contributed by atoms with Crippen LogP contribution in [-0.4, -0.2) is 20.9 Å². The molecule has 2 aromatic heterocycles. The third-order valence-electron chi connectivity index (χ3n) is 1.97. The molecule has 1 N–H and O–H groups in total. The molecule has 0 aromatic carbocycles. The highest BCUT2D eigenvalue weighted by Gasteiger charge is 2.06. The fourth-order valence-electron chi connectivity index (χ4n) is 1.21. The zero-order chi connectivity index (χ0) is 11.4. The minimum absolute atomic E-state index is 0.230. The second-order valence-electron chi connectivity index (χ2n) is 3.24. The largest absolute Gasteiger partial charge is 0.306 e. The predicted octanol–water partition coefficient (Wildman–Crippen LogP) is 1.43. The number of nitrogens with one attached hydrogen (secondary N) is 1. The van der Waals surface area contributed by atoms with E-state index in [9.17, 15) is 4.79 Å². The molecule has 0 bridgehead atoms. The van der Waals surface area contributed by atoms with E-state index >= 15 is 0 Å². The maximum atomic E-state index is 11.7. The summed E-state index contributed by atoms with van der Waals surface area (Å²) < 4.78 is 0. The van der Waals surface area contributed by atoms with Crippen LogP contribution < -0.4 is 5.32 Å². The van der Waals surface area contributed by atoms with E-state index in [1.165, 1.54) is 12.5 Å². The first-order valence-electron chi connectivity index (χ1n) is 4.76. The summed E-state index contributed by atoms with van der Waals surface area (Å²) >= 11 is 0. The van der Waals surface area contributed by atoms with Crippen molar-refractivity contribution < 1.29 is 4.79 Å². The SMILES string of the molecule is Cc1cc(NC(=O)c2cccnc2)ncn1. The number of amides is 1. The van der Waals surface area contributed by atoms with Gasteiger partial charge in [0.05, 0.1) is 5.56 Å². The maximum absolute atomic E-state index is 11.7. The lowest BCUT2D eigenvalue weighted by atomic mass is 10.2. The van der Waals surface area contributed by atoms with E-state index in [0.29, 0.717) is 11.4 Å². The summed E-state index contributed by atoms with van der Waals surface area (Å²) in [6, 6.07) is 5.10. The Hall–Kier alpha value is -2.30. The molecule has 0 unspecified atom stereocenters. The highest BCUT2D eigenvalue weighted by molar-refractivity contribution is 6.03. The zero-order valence-electron chi connectivity index (χ0n) is 8.71. The lowest BCUT2D eigenvalue weighted by Crippen LogP contribution is -2.13. The van der Waals surface area contributed by atoms with Crippen molar-refractivity contribution in [3.63, 3.8) is 0 Å². The van der Waals surface area contributed by atoms with Crippen LogP contribution in [0.25, 0.3) is 0 Å². The molecule has 5 nitrogen and oxygen atoms in total. The van der Waals surface area contributed by atoms with E-state index in [-0.39, 0.29) is 5.91 Å². The van der Waals surface area contributed by atoms with Gasteiger partial charge >= 0.3 is 0 Å². The summed E-state index contributed by atoms with van der Waals surface area (Å²) in [5.74, 6) is 0.257. The van der Waals surface area contributed by atoms with Crippen molar-refractivity contribution in [2.75, 3.05) is 5.32 Å². The summed E-state index contributed by atoms with van der Waals surface area (Å²) in [6.07, 6.45) is 4.53. The first-order chi connectivity index (χ1) is 7.75. The Bertz CT molecular complexity index is 498. The molecule has 16 heavy (non-hydrogen) atoms. The number of carbonyl (C=O) groups excluding carboxylic acids is 1. The van der Waals surface area contributed by atoms with Crippen LogP contribution in [0.3, 0.4) is 0 Å². The van der Waals surface area contributed by atoms with Gasteiger partial charge in [0, 0.05) is 24.2 Å². The van der Waals surface area contributed by atoms with E-state index in [0.717, 1.165) is 5.69 Å². The van der Waals surface area contributed by atoms with Crippen LogP contribution in [0.15, 0.2) is 36.9 Å². The Kier molecular flexibility index (Phi) is 2.86. The minimum Gasteiger partial charge on any atom is -0.306 e. The van der Waals surface area contributed by atoms with Gasteiger partial charge in [0.15, 0.2) is 0 Å². The van der Waals surface area contributed by atoms with Crippen molar-refractivity contribution in [3.05, 3.63) is 48.2 Å². The summed E-state index contributed by atoms with van der Waals surface area (Å²) in [4.78, 5) is 23.5. The molecule has 1 amide bonds. The van der Waals surface area contributed by atoms with Crippen molar-refractivity contribution >= 4 is 11.7 Å². The molecule has 0 aliphatic heterocycles. The Labute approximate surface area is 92.6 Å². The third-order valence-corrected chi connectivity index (χ3v) is 1.97. The smallest absolute Gasteiger partial charge is 0.258 e. The standard InChI is InChI=1S/C11H10N4O/c1-8-5-10(14-7-13-8)15-11(16)9-3-2-4-12-6-9/h2-7H,1H3,(H,13,14,15,16). The Morgan fingerprint density at radius 3 is 2.94 bits per heavy atom. The van der Waals surface area contributed by atoms with Gasteiger partial charge in [-0.2, -0.15) is 0 Å². The van der Waals surface area contributed by atoms with Gasteiger partial charge in [-0.15, -0.1) is 0 Å². The van der Waals surface area contributed by atoms with Crippen LogP contribution in [0.4, 0.5) is 5.82 Å². The number of anilines is 1. The molecule has 0 spiro atoms. The summed E-state index contributed by atoms with van der Waals surface area (Å²) in [5.41, 5.74) is 1.30. The zero-order valence-corrected chi connectivity index (χ0v) is 8.71. The first-order valence-corrected chi connectivity index (χ1v) is 4.76. The number of hydrogen-bond acceptors (Lipinski definition) is 4. The molecule has 0 fully saturated rings. The molecule has 80 valence electrons. The van der Waals surface area contributed by atoms with Crippen molar-refractivity contribution in [2.45, 2.75) is 6.92 Å². The van der Waals surface area contributed by atoms with Gasteiger partial charge in [0.2, 0.25) is 0 Å². The van der Waals surface area contributed by atoms with E-state index in [1.807, 2.05) is 6.92 Å². The number of pyridine rings is 1. The van der Waals surface area contributed by atoms with E-state index in [1.54, 1.807) is 24.4 Å². The van der Waals surface area contributed by atoms with Gasteiger partial charge in [0.1, 0.15) is 12.1 Å². The van der Waals surface area contributed by atoms with Crippen LogP contribution in [-0.2, 0) is 0 Å². The number of aryl methyl sites for hydroxylation is 1. The molecule has 0 aliphatic rings. The van der Waals surface area contributed by atoms with Gasteiger partial charge in [-0.25, -0.2) is 9.97 Å². The van der Waals surface area contributed by atoms with E-state index in [4.69, 9.17) is 0 Å². The second kappa shape index (κ2) is 4.48. The van der Waals surface area contributed by atoms with Gasteiger partial charge in [0.25, 0.3) is 5.91 Å². The molecular formula is C11H10N4O. The number of carbonyl (C=O) groups is 1. The van der Waals surface area contributed by atoms with Crippen LogP contribution in [0.1, 0.15) is 16.1 Å². The quantitative estimate of drug-likeness (QED) is 0.821. The normalized spacial score (nSPS) is 9.81. The van der Waals surface area contributed by atoms with E-state index in [2.05, 4.69) is 20.3 Å². The lowest BCUT2D eigenvalue weighted by Gasteiger charge is -2.03. The summed E-state index contributed by atoms with van der Waals surface area (Å²) in [6.45, 7) is 1.83. The lowest BCUT2D eigenvalue weighted by molar-refractivity contribution is 0.102. The van der Waals surface area contributed by atoms with Crippen LogP contribution >= 0.6 is 0 Å². The van der Waals surface area contributed by atoms with Gasteiger partial charge in [-0.1, -0.05) is 0 Å². The maximum Gasteiger partial charge on any atom is 0.258 e. The molecule has 5 heteroatoms. The van der Waals surface area contributed by atoms with E-state index < -0.39 is 0 Å². The van der Waals surface area contributed by atoms with Crippen LogP contribution in [0.2, 0.25) is 0 Å². The molecule has 0 aliphatic carbocycles. The molecular weight excluding hydrogens is 204 g/mol. The second-order valence-corrected chi connectivity index (χ2v) is 3.24. The molecule has 2 heterocycles. The molecule has 2 aromatic rings. The molecule has 0 atom stereocenters. The van der Waals surface area contributed by atoms with Crippen molar-refractivity contribution in [1.29, 1.82) is 0 Å². The van der Waals surface area contributed by atoms with Crippen LogP contribution in [0, 0.1) is 6.92 Å². The Balaban J connectivity index is 2.14. The summed E-state index contributed by atoms with van der Waals surface area (Å²) in [7, 11) is 0. The average Bonchev–Trinajstić information content (AvgIpc) is 2.30. The Morgan fingerprint density at radius 2 is 2.25 bits per heavy atom. The fourth-order valence-corrected chi connectivity index (χ4v) is 1.21. The number of nitrogens with zero attached hydrogens (tertiary/aromatic N) is 3. The number of aromatic nitrogens is 3. The predicted molar refractivity (Wildman–Crippen MR) is 59.0 cm³/mol. The topological polar surface area (TPSA) is 67.8 Å². The monoisotopic (exact) mass is 214 g/mol. The van der Waals surface area contributed by atoms with Crippen molar-refractivity contribution in [2.24, 2.45) is 0 Å². The molecule has 0 saturated carbocycles.